The molecule has 36 heavy (non-hydrogen) atoms. The molecule has 3 N–H and O–H groups in total. The van der Waals surface area contributed by atoms with E-state index < -0.39 is 17.8 Å². The van der Waals surface area contributed by atoms with Crippen LogP contribution in [0, 0.1) is 6.92 Å². The fraction of sp³-hybridized carbons (Fsp3) is 0.462. The topological polar surface area (TPSA) is 79.5 Å². The van der Waals surface area contributed by atoms with E-state index in [2.05, 4.69) is 37.2 Å². The summed E-state index contributed by atoms with van der Waals surface area (Å²) in [6.07, 6.45) is -3.51. The van der Waals surface area contributed by atoms with Crippen LogP contribution in [-0.4, -0.2) is 60.8 Å². The summed E-state index contributed by atoms with van der Waals surface area (Å²) < 4.78 is 45.5. The molecule has 2 aliphatic rings. The summed E-state index contributed by atoms with van der Waals surface area (Å²) in [5.41, 5.74) is 8.80. The number of halogens is 3. The number of nitrogens with two attached hydrogens (primary N) is 1. The molecule has 0 unspecified atom stereocenters. The lowest BCUT2D eigenvalue weighted by Gasteiger charge is -2.29. The first-order valence-electron chi connectivity index (χ1n) is 12.3. The van der Waals surface area contributed by atoms with Gasteiger partial charge in [-0.25, -0.2) is 9.97 Å². The van der Waals surface area contributed by atoms with Gasteiger partial charge in [-0.15, -0.1) is 0 Å². The molecule has 2 aliphatic heterocycles. The van der Waals surface area contributed by atoms with Crippen molar-refractivity contribution in [1.82, 2.24) is 14.9 Å². The number of morpholine rings is 1. The second-order valence-electron chi connectivity index (χ2n) is 9.56. The van der Waals surface area contributed by atoms with Crippen LogP contribution >= 0.6 is 0 Å². The maximum absolute atomic E-state index is 13.3. The lowest BCUT2D eigenvalue weighted by Crippen LogP contribution is -2.41. The van der Waals surface area contributed by atoms with E-state index in [1.165, 1.54) is 11.3 Å². The number of hydrogen-bond acceptors (Lipinski definition) is 7. The van der Waals surface area contributed by atoms with Crippen molar-refractivity contribution in [3.8, 4) is 0 Å². The van der Waals surface area contributed by atoms with Crippen LogP contribution in [0.3, 0.4) is 0 Å². The molecule has 1 atom stereocenters. The summed E-state index contributed by atoms with van der Waals surface area (Å²) in [5, 5.41) is 4.17. The van der Waals surface area contributed by atoms with Crippen molar-refractivity contribution >= 4 is 28.1 Å². The van der Waals surface area contributed by atoms with Gasteiger partial charge in [-0.3, -0.25) is 4.90 Å². The van der Waals surface area contributed by atoms with E-state index in [1.807, 2.05) is 6.92 Å². The lowest BCUT2D eigenvalue weighted by atomic mass is 10.0. The number of nitrogen functional groups attached to an aromatic ring is 1. The number of nitrogens with one attached hydrogen (secondary N) is 1. The summed E-state index contributed by atoms with van der Waals surface area (Å²) in [4.78, 5) is 14.1. The van der Waals surface area contributed by atoms with Gasteiger partial charge in [0, 0.05) is 49.5 Å². The summed E-state index contributed by atoms with van der Waals surface area (Å²) in [6.45, 7) is 9.95. The van der Waals surface area contributed by atoms with E-state index in [0.29, 0.717) is 17.2 Å². The Labute approximate surface area is 208 Å². The van der Waals surface area contributed by atoms with E-state index in [4.69, 9.17) is 10.5 Å². The van der Waals surface area contributed by atoms with Gasteiger partial charge in [-0.05, 0) is 61.7 Å². The molecule has 3 heterocycles. The van der Waals surface area contributed by atoms with E-state index in [9.17, 15) is 13.2 Å². The molecule has 1 fully saturated rings. The SMILES string of the molecule is Cc1nc(N[C@H](C)c2cc(N)cc(C(F)(F)F)c2)c2cc3c(cc2n1)CCN3CCN1CCOCC1. The van der Waals surface area contributed by atoms with Crippen LogP contribution in [0.4, 0.5) is 30.4 Å². The third-order valence-electron chi connectivity index (χ3n) is 6.95. The van der Waals surface area contributed by atoms with Gasteiger partial charge < -0.3 is 20.7 Å². The smallest absolute Gasteiger partial charge is 0.399 e. The molecule has 0 bridgehead atoms. The van der Waals surface area contributed by atoms with Gasteiger partial charge in [0.25, 0.3) is 0 Å². The molecular formula is C26H31F3N6O. The van der Waals surface area contributed by atoms with Crippen molar-refractivity contribution in [2.45, 2.75) is 32.5 Å². The predicted molar refractivity (Wildman–Crippen MR) is 135 cm³/mol. The number of aromatic nitrogens is 2. The van der Waals surface area contributed by atoms with Crippen LogP contribution in [0.5, 0.6) is 0 Å². The van der Waals surface area contributed by atoms with Gasteiger partial charge in [-0.2, -0.15) is 13.2 Å². The Balaban J connectivity index is 1.42. The van der Waals surface area contributed by atoms with Crippen molar-refractivity contribution in [2.75, 3.05) is 61.9 Å². The fourth-order valence-electron chi connectivity index (χ4n) is 5.00. The van der Waals surface area contributed by atoms with Crippen molar-refractivity contribution in [3.05, 3.63) is 52.8 Å². The van der Waals surface area contributed by atoms with Gasteiger partial charge in [0.2, 0.25) is 0 Å². The molecule has 0 aliphatic carbocycles. The lowest BCUT2D eigenvalue weighted by molar-refractivity contribution is -0.137. The fourth-order valence-corrected chi connectivity index (χ4v) is 5.00. The highest BCUT2D eigenvalue weighted by atomic mass is 19.4. The van der Waals surface area contributed by atoms with Crippen LogP contribution in [0.25, 0.3) is 10.9 Å². The first-order chi connectivity index (χ1) is 17.2. The minimum Gasteiger partial charge on any atom is -0.399 e. The predicted octanol–water partition coefficient (Wildman–Crippen LogP) is 4.41. The Bertz CT molecular complexity index is 1260. The highest BCUT2D eigenvalue weighted by Crippen LogP contribution is 2.36. The average molecular weight is 501 g/mol. The van der Waals surface area contributed by atoms with Crippen molar-refractivity contribution < 1.29 is 17.9 Å². The molecule has 7 nitrogen and oxygen atoms in total. The van der Waals surface area contributed by atoms with Crippen molar-refractivity contribution in [1.29, 1.82) is 0 Å². The Morgan fingerprint density at radius 3 is 2.58 bits per heavy atom. The van der Waals surface area contributed by atoms with Crippen LogP contribution in [0.15, 0.2) is 30.3 Å². The second kappa shape index (κ2) is 9.74. The minimum absolute atomic E-state index is 0.0749. The molecular weight excluding hydrogens is 469 g/mol. The number of fused-ring (bicyclic) bond motifs is 2. The molecule has 2 aromatic carbocycles. The normalized spacial score (nSPS) is 17.4. The van der Waals surface area contributed by atoms with E-state index >= 15 is 0 Å². The zero-order valence-electron chi connectivity index (χ0n) is 20.5. The molecule has 3 aromatic rings. The van der Waals surface area contributed by atoms with Gasteiger partial charge in [0.15, 0.2) is 0 Å². The van der Waals surface area contributed by atoms with E-state index in [-0.39, 0.29) is 5.69 Å². The quantitative estimate of drug-likeness (QED) is 0.486. The standard InChI is InChI=1S/C26H31F3N6O/c1-16(19-11-20(26(27,28)29)14-21(30)12-19)31-25-22-15-24-18(13-23(22)32-17(2)33-25)3-4-35(24)6-5-34-7-9-36-10-8-34/h11-16H,3-10,30H2,1-2H3,(H,31,32,33)/t16-/m1/s1. The third-order valence-corrected chi connectivity index (χ3v) is 6.95. The number of anilines is 3. The number of hydrogen-bond donors (Lipinski definition) is 2. The van der Waals surface area contributed by atoms with Crippen LogP contribution in [0.1, 0.15) is 35.5 Å². The molecule has 0 saturated carbocycles. The van der Waals surface area contributed by atoms with Crippen molar-refractivity contribution in [2.24, 2.45) is 0 Å². The number of ether oxygens (including phenoxy) is 1. The molecule has 0 amide bonds. The van der Waals surface area contributed by atoms with Gasteiger partial charge in [0.05, 0.1) is 30.3 Å². The first-order valence-corrected chi connectivity index (χ1v) is 12.3. The highest BCUT2D eigenvalue weighted by molar-refractivity contribution is 5.93. The molecule has 192 valence electrons. The zero-order valence-corrected chi connectivity index (χ0v) is 20.5. The summed E-state index contributed by atoms with van der Waals surface area (Å²) in [5.74, 6) is 1.20. The largest absolute Gasteiger partial charge is 0.416 e. The highest BCUT2D eigenvalue weighted by Gasteiger charge is 2.31. The average Bonchev–Trinajstić information content (AvgIpc) is 3.23. The molecule has 1 saturated heterocycles. The third kappa shape index (κ3) is 5.19. The minimum atomic E-state index is -4.46. The molecule has 1 aromatic heterocycles. The number of rotatable bonds is 6. The van der Waals surface area contributed by atoms with Crippen molar-refractivity contribution in [3.63, 3.8) is 0 Å². The molecule has 0 spiro atoms. The van der Waals surface area contributed by atoms with Crippen LogP contribution in [0.2, 0.25) is 0 Å². The molecule has 0 radical (unpaired) electrons. The zero-order chi connectivity index (χ0) is 25.4. The van der Waals surface area contributed by atoms with E-state index in [1.54, 1.807) is 13.0 Å². The van der Waals surface area contributed by atoms with Crippen LogP contribution < -0.4 is 16.0 Å². The monoisotopic (exact) mass is 500 g/mol. The maximum Gasteiger partial charge on any atom is 0.416 e. The Morgan fingerprint density at radius 2 is 1.83 bits per heavy atom. The Hall–Kier alpha value is -3.11. The number of nitrogens with zero attached hydrogens (tertiary/aromatic N) is 4. The maximum atomic E-state index is 13.3. The van der Waals surface area contributed by atoms with Gasteiger partial charge >= 0.3 is 6.18 Å². The second-order valence-corrected chi connectivity index (χ2v) is 9.56. The number of alkyl halides is 3. The van der Waals surface area contributed by atoms with Gasteiger partial charge in [0.1, 0.15) is 11.6 Å². The summed E-state index contributed by atoms with van der Waals surface area (Å²) >= 11 is 0. The summed E-state index contributed by atoms with van der Waals surface area (Å²) in [7, 11) is 0. The van der Waals surface area contributed by atoms with E-state index in [0.717, 1.165) is 75.4 Å². The first kappa shape index (κ1) is 24.6. The Kier molecular flexibility index (Phi) is 6.65. The number of benzene rings is 2. The number of aryl methyl sites for hydroxylation is 1. The Morgan fingerprint density at radius 1 is 1.06 bits per heavy atom. The summed E-state index contributed by atoms with van der Waals surface area (Å²) in [6, 6.07) is 7.44. The molecule has 10 heteroatoms. The van der Waals surface area contributed by atoms with Gasteiger partial charge in [-0.1, -0.05) is 0 Å². The molecule has 5 rings (SSSR count). The van der Waals surface area contributed by atoms with Crippen LogP contribution in [-0.2, 0) is 17.3 Å².